The number of hydrogen-bond donors (Lipinski definition) is 2. The predicted octanol–water partition coefficient (Wildman–Crippen LogP) is 7.79. The topological polar surface area (TPSA) is 82.9 Å². The third kappa shape index (κ3) is 6.48. The maximum Gasteiger partial charge on any atom is 0.229 e. The molecule has 10 heteroatoms. The van der Waals surface area contributed by atoms with Crippen molar-refractivity contribution in [1.29, 1.82) is 5.26 Å². The van der Waals surface area contributed by atoms with Gasteiger partial charge < -0.3 is 15.1 Å². The summed E-state index contributed by atoms with van der Waals surface area (Å²) >= 11 is 10.0. The lowest BCUT2D eigenvalue weighted by atomic mass is 9.85. The molecule has 1 aromatic heterocycles. The summed E-state index contributed by atoms with van der Waals surface area (Å²) in [4.78, 5) is 8.42. The molecular weight excluding hydrogens is 537 g/mol. The normalized spacial score (nSPS) is 18.9. The first-order valence-electron chi connectivity index (χ1n) is 11.5. The van der Waals surface area contributed by atoms with Crippen LogP contribution in [0.25, 0.3) is 0 Å². The van der Waals surface area contributed by atoms with Crippen molar-refractivity contribution in [2.24, 2.45) is 5.92 Å². The minimum absolute atomic E-state index is 0.0906. The fourth-order valence-electron chi connectivity index (χ4n) is 3.59. The number of halogens is 3. The summed E-state index contributed by atoms with van der Waals surface area (Å²) in [7, 11) is -1.95. The van der Waals surface area contributed by atoms with E-state index >= 15 is 0 Å². The van der Waals surface area contributed by atoms with E-state index in [0.29, 0.717) is 17.3 Å². The summed E-state index contributed by atoms with van der Waals surface area (Å²) in [6.07, 6.45) is 4.77. The zero-order valence-electron chi connectivity index (χ0n) is 20.3. The third-order valence-corrected chi connectivity index (χ3v) is 12.7. The molecule has 0 unspecified atom stereocenters. The van der Waals surface area contributed by atoms with Crippen molar-refractivity contribution >= 4 is 53.3 Å². The van der Waals surface area contributed by atoms with E-state index in [4.69, 9.17) is 16.0 Å². The fourth-order valence-corrected chi connectivity index (χ4v) is 5.12. The number of anilines is 3. The van der Waals surface area contributed by atoms with Gasteiger partial charge in [-0.3, -0.25) is 0 Å². The third-order valence-electron chi connectivity index (χ3n) is 6.75. The molecule has 0 bridgehead atoms. The Hall–Kier alpha value is -1.73. The Balaban J connectivity index is 1.79. The van der Waals surface area contributed by atoms with Gasteiger partial charge in [0, 0.05) is 16.2 Å². The van der Waals surface area contributed by atoms with Crippen molar-refractivity contribution in [2.75, 3.05) is 10.6 Å². The van der Waals surface area contributed by atoms with Gasteiger partial charge in [-0.25, -0.2) is 9.37 Å². The molecule has 2 N–H and O–H groups in total. The molecule has 2 aromatic rings. The monoisotopic (exact) mass is 567 g/mol. The summed E-state index contributed by atoms with van der Waals surface area (Å²) < 4.78 is 21.6. The van der Waals surface area contributed by atoms with Crippen molar-refractivity contribution < 1.29 is 8.82 Å². The van der Waals surface area contributed by atoms with Crippen LogP contribution in [-0.2, 0) is 11.0 Å². The summed E-state index contributed by atoms with van der Waals surface area (Å²) in [5.74, 6) is -0.379. The Morgan fingerprint density at radius 1 is 1.29 bits per heavy atom. The van der Waals surface area contributed by atoms with Gasteiger partial charge in [0.25, 0.3) is 0 Å². The lowest BCUT2D eigenvalue weighted by Crippen LogP contribution is -2.40. The van der Waals surface area contributed by atoms with Crippen molar-refractivity contribution in [3.05, 3.63) is 39.2 Å². The molecule has 0 amide bonds. The lowest BCUT2D eigenvalue weighted by molar-refractivity contribution is 0.276. The summed E-state index contributed by atoms with van der Waals surface area (Å²) in [6, 6.07) is 5.88. The van der Waals surface area contributed by atoms with Crippen LogP contribution in [0.2, 0.25) is 23.2 Å². The second kappa shape index (κ2) is 10.9. The van der Waals surface area contributed by atoms with E-state index in [2.05, 4.69) is 76.5 Å². The van der Waals surface area contributed by atoms with Gasteiger partial charge in [0.15, 0.2) is 20.0 Å². The van der Waals surface area contributed by atoms with E-state index in [1.807, 2.05) is 6.07 Å². The van der Waals surface area contributed by atoms with E-state index in [1.54, 1.807) is 6.07 Å². The molecule has 6 nitrogen and oxygen atoms in total. The molecule has 1 aliphatic rings. The van der Waals surface area contributed by atoms with Crippen molar-refractivity contribution in [3.8, 4) is 6.07 Å². The van der Waals surface area contributed by atoms with Gasteiger partial charge >= 0.3 is 0 Å². The number of benzene rings is 1. The number of nitrogens with one attached hydrogen (secondary N) is 2. The van der Waals surface area contributed by atoms with Gasteiger partial charge in [-0.05, 0) is 64.6 Å². The van der Waals surface area contributed by atoms with Crippen LogP contribution >= 0.6 is 27.5 Å². The Morgan fingerprint density at radius 3 is 2.68 bits per heavy atom. The molecular formula is C24H32BrClFN5OSi. The molecule has 1 aliphatic carbocycles. The first-order chi connectivity index (χ1) is 15.9. The highest BCUT2D eigenvalue weighted by Gasteiger charge is 2.37. The van der Waals surface area contributed by atoms with Gasteiger partial charge in [0.1, 0.15) is 0 Å². The highest BCUT2D eigenvalue weighted by Crippen LogP contribution is 2.39. The number of aromatic nitrogens is 2. The largest absolute Gasteiger partial charge is 0.413 e. The molecule has 1 saturated carbocycles. The molecule has 0 aliphatic heterocycles. The molecule has 184 valence electrons. The smallest absolute Gasteiger partial charge is 0.229 e. The van der Waals surface area contributed by atoms with Crippen LogP contribution in [0.5, 0.6) is 0 Å². The zero-order valence-corrected chi connectivity index (χ0v) is 23.6. The molecule has 34 heavy (non-hydrogen) atoms. The second-order valence-electron chi connectivity index (χ2n) is 10.3. The maximum absolute atomic E-state index is 14.4. The average Bonchev–Trinajstić information content (AvgIpc) is 2.77. The Labute approximate surface area is 215 Å². The summed E-state index contributed by atoms with van der Waals surface area (Å²) in [6.45, 7) is 11.4. The summed E-state index contributed by atoms with van der Waals surface area (Å²) in [5, 5.41) is 16.3. The number of hydrogen-bond acceptors (Lipinski definition) is 6. The van der Waals surface area contributed by atoms with Crippen LogP contribution in [0, 0.1) is 23.1 Å². The van der Waals surface area contributed by atoms with Gasteiger partial charge in [0.05, 0.1) is 29.8 Å². The van der Waals surface area contributed by atoms with Crippen LogP contribution in [0.15, 0.2) is 22.8 Å². The highest BCUT2D eigenvalue weighted by atomic mass is 79.9. The molecule has 1 aromatic carbocycles. The highest BCUT2D eigenvalue weighted by molar-refractivity contribution is 9.10. The number of nitriles is 1. The number of nitrogens with zero attached hydrogens (tertiary/aromatic N) is 3. The van der Waals surface area contributed by atoms with E-state index in [0.717, 1.165) is 41.9 Å². The molecule has 3 rings (SSSR count). The molecule has 0 radical (unpaired) electrons. The Bertz CT molecular complexity index is 1070. The van der Waals surface area contributed by atoms with E-state index in [-0.39, 0.29) is 28.8 Å². The van der Waals surface area contributed by atoms with Crippen molar-refractivity contribution in [2.45, 2.75) is 77.2 Å². The lowest BCUT2D eigenvalue weighted by Gasteiger charge is -2.36. The Morgan fingerprint density at radius 2 is 2.00 bits per heavy atom. The van der Waals surface area contributed by atoms with Gasteiger partial charge in [-0.1, -0.05) is 45.2 Å². The van der Waals surface area contributed by atoms with Gasteiger partial charge in [-0.2, -0.15) is 10.2 Å². The molecule has 0 saturated heterocycles. The van der Waals surface area contributed by atoms with Crippen LogP contribution < -0.4 is 10.6 Å². The van der Waals surface area contributed by atoms with Crippen molar-refractivity contribution in [1.82, 2.24) is 9.97 Å². The van der Waals surface area contributed by atoms with Crippen LogP contribution in [0.4, 0.5) is 21.8 Å². The molecule has 1 fully saturated rings. The van der Waals surface area contributed by atoms with Gasteiger partial charge in [0.2, 0.25) is 5.95 Å². The fraction of sp³-hybridized carbons (Fsp3) is 0.542. The first-order valence-corrected chi connectivity index (χ1v) is 15.6. The zero-order chi connectivity index (χ0) is 25.1. The summed E-state index contributed by atoms with van der Waals surface area (Å²) in [5.41, 5.74) is 1.58. The first kappa shape index (κ1) is 26.9. The molecule has 1 heterocycles. The SMILES string of the molecule is CC(C)(C)[Si](C)(C)OCc1cc(Nc2ncc(F)c(N[C@@H]3CCCC[C@H]3C#N)n2)cc(Cl)c1Br. The Kier molecular flexibility index (Phi) is 8.61. The minimum Gasteiger partial charge on any atom is -0.413 e. The average molecular weight is 569 g/mol. The standard InChI is InChI=1S/C24H32BrClFN5OSi/c1-24(2,3)34(4,5)33-14-16-10-17(11-18(26)21(16)25)30-23-29-13-19(27)22(32-23)31-20-9-7-6-8-15(20)12-28/h10-11,13,15,20H,6-9,14H2,1-5H3,(H2,29,30,31,32)/t15-,20+/m0/s1. The number of rotatable bonds is 7. The quantitative estimate of drug-likeness (QED) is 0.332. The van der Waals surface area contributed by atoms with E-state index in [9.17, 15) is 9.65 Å². The van der Waals surface area contributed by atoms with Gasteiger partial charge in [-0.15, -0.1) is 0 Å². The molecule has 2 atom stereocenters. The van der Waals surface area contributed by atoms with E-state index in [1.165, 1.54) is 0 Å². The second-order valence-corrected chi connectivity index (χ2v) is 16.3. The van der Waals surface area contributed by atoms with Crippen molar-refractivity contribution in [3.63, 3.8) is 0 Å². The van der Waals surface area contributed by atoms with Crippen LogP contribution in [-0.4, -0.2) is 24.3 Å². The van der Waals surface area contributed by atoms with Crippen LogP contribution in [0.1, 0.15) is 52.0 Å². The predicted molar refractivity (Wildman–Crippen MR) is 141 cm³/mol. The minimum atomic E-state index is -1.95. The maximum atomic E-state index is 14.4. The van der Waals surface area contributed by atoms with E-state index < -0.39 is 14.1 Å². The molecule has 0 spiro atoms. The van der Waals surface area contributed by atoms with Crippen LogP contribution in [0.3, 0.4) is 0 Å².